The molecule has 5 nitrogen and oxygen atoms in total. The van der Waals surface area contributed by atoms with Gasteiger partial charge >= 0.3 is 0 Å². The molecule has 1 aliphatic rings. The maximum Gasteiger partial charge on any atom is 0.273 e. The first kappa shape index (κ1) is 10.6. The van der Waals surface area contributed by atoms with Crippen LogP contribution in [0.15, 0.2) is 6.20 Å². The summed E-state index contributed by atoms with van der Waals surface area (Å²) in [5.74, 6) is -0.153. The van der Waals surface area contributed by atoms with E-state index in [0.29, 0.717) is 10.5 Å². The first-order valence-corrected chi connectivity index (χ1v) is 5.99. The van der Waals surface area contributed by atoms with E-state index in [0.717, 1.165) is 12.8 Å². The van der Waals surface area contributed by atoms with Crippen molar-refractivity contribution in [2.75, 3.05) is 0 Å². The SMILES string of the molecule is O=C(NC1CCCCC1Br)c1cn[nH]n1. The highest BCUT2D eigenvalue weighted by atomic mass is 79.9. The fraction of sp³-hybridized carbons (Fsp3) is 0.667. The highest BCUT2D eigenvalue weighted by molar-refractivity contribution is 9.09. The number of rotatable bonds is 2. The minimum atomic E-state index is -0.153. The van der Waals surface area contributed by atoms with Gasteiger partial charge in [0.2, 0.25) is 0 Å². The van der Waals surface area contributed by atoms with Gasteiger partial charge in [0.15, 0.2) is 5.69 Å². The van der Waals surface area contributed by atoms with Gasteiger partial charge in [0.1, 0.15) is 0 Å². The quantitative estimate of drug-likeness (QED) is 0.796. The fourth-order valence-corrected chi connectivity index (χ4v) is 2.52. The maximum absolute atomic E-state index is 11.7. The number of amides is 1. The molecule has 1 aromatic heterocycles. The molecular formula is C9H13BrN4O. The lowest BCUT2D eigenvalue weighted by Crippen LogP contribution is -2.42. The summed E-state index contributed by atoms with van der Waals surface area (Å²) in [6.45, 7) is 0. The Morgan fingerprint density at radius 2 is 2.33 bits per heavy atom. The zero-order chi connectivity index (χ0) is 10.7. The number of hydrogen-bond donors (Lipinski definition) is 2. The Morgan fingerprint density at radius 1 is 1.53 bits per heavy atom. The molecule has 15 heavy (non-hydrogen) atoms. The Kier molecular flexibility index (Phi) is 3.35. The van der Waals surface area contributed by atoms with Crippen molar-refractivity contribution in [3.05, 3.63) is 11.9 Å². The number of hydrogen-bond acceptors (Lipinski definition) is 3. The maximum atomic E-state index is 11.7. The van der Waals surface area contributed by atoms with Gasteiger partial charge in [0, 0.05) is 10.9 Å². The van der Waals surface area contributed by atoms with E-state index in [1.54, 1.807) is 0 Å². The van der Waals surface area contributed by atoms with Gasteiger partial charge in [0.05, 0.1) is 6.20 Å². The van der Waals surface area contributed by atoms with E-state index in [-0.39, 0.29) is 11.9 Å². The number of halogens is 1. The summed E-state index contributed by atoms with van der Waals surface area (Å²) in [5, 5.41) is 12.7. The molecule has 2 rings (SSSR count). The molecule has 1 amide bonds. The molecule has 82 valence electrons. The van der Waals surface area contributed by atoms with Gasteiger partial charge in [-0.15, -0.1) is 0 Å². The summed E-state index contributed by atoms with van der Waals surface area (Å²) in [4.78, 5) is 12.0. The number of nitrogens with one attached hydrogen (secondary N) is 2. The zero-order valence-electron chi connectivity index (χ0n) is 8.24. The van der Waals surface area contributed by atoms with Gasteiger partial charge in [-0.25, -0.2) is 0 Å². The minimum Gasteiger partial charge on any atom is -0.347 e. The molecule has 1 heterocycles. The molecule has 1 aromatic rings. The van der Waals surface area contributed by atoms with Gasteiger partial charge in [0.25, 0.3) is 5.91 Å². The molecule has 2 N–H and O–H groups in total. The summed E-state index contributed by atoms with van der Waals surface area (Å²) in [6.07, 6.45) is 5.97. The Morgan fingerprint density at radius 3 is 3.00 bits per heavy atom. The summed E-state index contributed by atoms with van der Waals surface area (Å²) in [6, 6.07) is 0.211. The second-order valence-corrected chi connectivity index (χ2v) is 4.91. The van der Waals surface area contributed by atoms with E-state index in [1.807, 2.05) is 0 Å². The molecule has 0 spiro atoms. The van der Waals surface area contributed by atoms with Crippen LogP contribution in [0.4, 0.5) is 0 Å². The number of H-pyrrole nitrogens is 1. The predicted octanol–water partition coefficient (Wildman–Crippen LogP) is 1.24. The number of aromatic nitrogens is 3. The van der Waals surface area contributed by atoms with Crippen molar-refractivity contribution >= 4 is 21.8 Å². The van der Waals surface area contributed by atoms with Gasteiger partial charge in [-0.05, 0) is 12.8 Å². The molecule has 2 unspecified atom stereocenters. The predicted molar refractivity (Wildman–Crippen MR) is 58.8 cm³/mol. The number of nitrogens with zero attached hydrogens (tertiary/aromatic N) is 2. The van der Waals surface area contributed by atoms with Crippen LogP contribution in [0.2, 0.25) is 0 Å². The lowest BCUT2D eigenvalue weighted by Gasteiger charge is -2.27. The van der Waals surface area contributed by atoms with Crippen LogP contribution < -0.4 is 5.32 Å². The Balaban J connectivity index is 1.93. The second kappa shape index (κ2) is 4.74. The molecule has 0 aliphatic heterocycles. The second-order valence-electron chi connectivity index (χ2n) is 3.74. The van der Waals surface area contributed by atoms with Crippen LogP contribution in [0.5, 0.6) is 0 Å². The standard InChI is InChI=1S/C9H13BrN4O/c10-6-3-1-2-4-7(6)12-9(15)8-5-11-14-13-8/h5-7H,1-4H2,(H,12,15)(H,11,13,14). The van der Waals surface area contributed by atoms with Crippen LogP contribution in [-0.2, 0) is 0 Å². The van der Waals surface area contributed by atoms with E-state index in [1.165, 1.54) is 19.0 Å². The zero-order valence-corrected chi connectivity index (χ0v) is 9.83. The molecule has 0 saturated heterocycles. The molecule has 1 saturated carbocycles. The van der Waals surface area contributed by atoms with Crippen molar-refractivity contribution in [3.63, 3.8) is 0 Å². The van der Waals surface area contributed by atoms with Gasteiger partial charge in [-0.2, -0.15) is 15.4 Å². The largest absolute Gasteiger partial charge is 0.347 e. The van der Waals surface area contributed by atoms with E-state index in [2.05, 4.69) is 36.7 Å². The van der Waals surface area contributed by atoms with Crippen molar-refractivity contribution in [2.45, 2.75) is 36.6 Å². The summed E-state index contributed by atoms with van der Waals surface area (Å²) in [7, 11) is 0. The molecule has 6 heteroatoms. The molecular weight excluding hydrogens is 260 g/mol. The summed E-state index contributed by atoms with van der Waals surface area (Å²) < 4.78 is 0. The average molecular weight is 273 g/mol. The monoisotopic (exact) mass is 272 g/mol. The van der Waals surface area contributed by atoms with Crippen LogP contribution in [0.3, 0.4) is 0 Å². The van der Waals surface area contributed by atoms with Crippen molar-refractivity contribution in [2.24, 2.45) is 0 Å². The Labute approximate surface area is 96.1 Å². The third kappa shape index (κ3) is 2.56. The Bertz CT molecular complexity index is 327. The number of alkyl halides is 1. The van der Waals surface area contributed by atoms with E-state index in [9.17, 15) is 4.79 Å². The fourth-order valence-electron chi connectivity index (χ4n) is 1.80. The van der Waals surface area contributed by atoms with Crippen LogP contribution in [-0.4, -0.2) is 32.2 Å². The number of carbonyl (C=O) groups is 1. The molecule has 1 fully saturated rings. The normalized spacial score (nSPS) is 26.2. The summed E-state index contributed by atoms with van der Waals surface area (Å²) >= 11 is 3.59. The number of aromatic amines is 1. The van der Waals surface area contributed by atoms with Crippen LogP contribution in [0, 0.1) is 0 Å². The lowest BCUT2D eigenvalue weighted by atomic mass is 9.95. The van der Waals surface area contributed by atoms with E-state index < -0.39 is 0 Å². The topological polar surface area (TPSA) is 70.7 Å². The van der Waals surface area contributed by atoms with Gasteiger partial charge in [-0.1, -0.05) is 28.8 Å². The van der Waals surface area contributed by atoms with Crippen molar-refractivity contribution in [3.8, 4) is 0 Å². The summed E-state index contributed by atoms with van der Waals surface area (Å²) in [5.41, 5.74) is 0.347. The van der Waals surface area contributed by atoms with E-state index >= 15 is 0 Å². The average Bonchev–Trinajstić information content (AvgIpc) is 2.74. The highest BCUT2D eigenvalue weighted by Gasteiger charge is 2.25. The molecule has 0 aromatic carbocycles. The lowest BCUT2D eigenvalue weighted by molar-refractivity contribution is 0.0924. The Hall–Kier alpha value is -0.910. The first-order valence-electron chi connectivity index (χ1n) is 5.08. The molecule has 0 radical (unpaired) electrons. The van der Waals surface area contributed by atoms with Crippen LogP contribution >= 0.6 is 15.9 Å². The van der Waals surface area contributed by atoms with Crippen molar-refractivity contribution in [1.29, 1.82) is 0 Å². The van der Waals surface area contributed by atoms with Crippen LogP contribution in [0.1, 0.15) is 36.2 Å². The van der Waals surface area contributed by atoms with Crippen LogP contribution in [0.25, 0.3) is 0 Å². The van der Waals surface area contributed by atoms with Crippen molar-refractivity contribution < 1.29 is 4.79 Å². The first-order chi connectivity index (χ1) is 7.27. The molecule has 0 bridgehead atoms. The van der Waals surface area contributed by atoms with Gasteiger partial charge < -0.3 is 5.32 Å². The van der Waals surface area contributed by atoms with Gasteiger partial charge in [-0.3, -0.25) is 4.79 Å². The van der Waals surface area contributed by atoms with E-state index in [4.69, 9.17) is 0 Å². The smallest absolute Gasteiger partial charge is 0.273 e. The third-order valence-corrected chi connectivity index (χ3v) is 3.74. The third-order valence-electron chi connectivity index (χ3n) is 2.65. The molecule has 2 atom stereocenters. The number of carbonyl (C=O) groups excluding carboxylic acids is 1. The minimum absolute atomic E-state index is 0.153. The molecule has 1 aliphatic carbocycles. The highest BCUT2D eigenvalue weighted by Crippen LogP contribution is 2.24. The van der Waals surface area contributed by atoms with Crippen molar-refractivity contribution in [1.82, 2.24) is 20.7 Å².